The number of carbonyl (C=O) groups is 1. The minimum absolute atomic E-state index is 0.0387. The largest absolute Gasteiger partial charge is 0.354 e. The van der Waals surface area contributed by atoms with Gasteiger partial charge in [-0.15, -0.1) is 11.8 Å². The van der Waals surface area contributed by atoms with E-state index in [-0.39, 0.29) is 5.91 Å². The Labute approximate surface area is 107 Å². The lowest BCUT2D eigenvalue weighted by atomic mass is 10.4. The third-order valence-electron chi connectivity index (χ3n) is 1.74. The Morgan fingerprint density at radius 2 is 2.12 bits per heavy atom. The summed E-state index contributed by atoms with van der Waals surface area (Å²) in [5, 5.41) is 11.0. The van der Waals surface area contributed by atoms with E-state index in [1.807, 2.05) is 30.3 Å². The number of halogens is 1. The maximum Gasteiger partial charge on any atom is 0.230 e. The molecule has 1 rings (SSSR count). The summed E-state index contributed by atoms with van der Waals surface area (Å²) >= 11 is 4.83. The summed E-state index contributed by atoms with van der Waals surface area (Å²) in [5.41, 5.74) is 0. The Morgan fingerprint density at radius 1 is 1.44 bits per heavy atom. The molecule has 3 nitrogen and oxygen atoms in total. The van der Waals surface area contributed by atoms with Crippen molar-refractivity contribution in [3.63, 3.8) is 0 Å². The molecule has 16 heavy (non-hydrogen) atoms. The van der Waals surface area contributed by atoms with Gasteiger partial charge in [-0.3, -0.25) is 4.79 Å². The summed E-state index contributed by atoms with van der Waals surface area (Å²) in [6.07, 6.45) is 0.356. The average molecular weight is 299 g/mol. The predicted octanol–water partition coefficient (Wildman–Crippen LogP) is 2.57. The smallest absolute Gasteiger partial charge is 0.230 e. The second kappa shape index (κ2) is 7.31. The van der Waals surface area contributed by atoms with Crippen LogP contribution in [0.5, 0.6) is 0 Å². The highest BCUT2D eigenvalue weighted by molar-refractivity contribution is 9.10. The van der Waals surface area contributed by atoms with Crippen LogP contribution in [0, 0.1) is 11.3 Å². The van der Waals surface area contributed by atoms with Crippen LogP contribution in [0.15, 0.2) is 33.6 Å². The molecule has 0 aliphatic rings. The van der Waals surface area contributed by atoms with Gasteiger partial charge in [-0.1, -0.05) is 15.9 Å². The summed E-state index contributed by atoms with van der Waals surface area (Å²) in [6, 6.07) is 9.77. The van der Waals surface area contributed by atoms with Crippen LogP contribution < -0.4 is 5.32 Å². The van der Waals surface area contributed by atoms with Gasteiger partial charge in [-0.25, -0.2) is 0 Å². The van der Waals surface area contributed by atoms with E-state index in [0.717, 1.165) is 9.37 Å². The lowest BCUT2D eigenvalue weighted by molar-refractivity contribution is -0.118. The molecule has 0 fully saturated rings. The summed E-state index contributed by atoms with van der Waals surface area (Å²) in [4.78, 5) is 12.4. The van der Waals surface area contributed by atoms with Gasteiger partial charge < -0.3 is 5.32 Å². The molecule has 1 aromatic carbocycles. The van der Waals surface area contributed by atoms with Crippen LogP contribution in [0.3, 0.4) is 0 Å². The number of amides is 1. The molecule has 0 aliphatic heterocycles. The fraction of sp³-hybridized carbons (Fsp3) is 0.273. The van der Waals surface area contributed by atoms with Crippen molar-refractivity contribution in [2.24, 2.45) is 0 Å². The lowest BCUT2D eigenvalue weighted by Crippen LogP contribution is -2.25. The van der Waals surface area contributed by atoms with Crippen LogP contribution in [0.1, 0.15) is 6.42 Å². The van der Waals surface area contributed by atoms with E-state index in [1.54, 1.807) is 0 Å². The molecule has 0 radical (unpaired) electrons. The summed E-state index contributed by atoms with van der Waals surface area (Å²) in [5.74, 6) is 0.343. The molecule has 0 atom stereocenters. The zero-order chi connectivity index (χ0) is 11.8. The van der Waals surface area contributed by atoms with Crippen molar-refractivity contribution in [1.29, 1.82) is 5.26 Å². The van der Waals surface area contributed by atoms with Gasteiger partial charge in [0.25, 0.3) is 0 Å². The number of rotatable bonds is 5. The highest BCUT2D eigenvalue weighted by Crippen LogP contribution is 2.20. The molecule has 0 saturated heterocycles. The molecule has 0 heterocycles. The number of hydrogen-bond acceptors (Lipinski definition) is 3. The third kappa shape index (κ3) is 5.19. The first kappa shape index (κ1) is 13.1. The van der Waals surface area contributed by atoms with E-state index < -0.39 is 0 Å². The predicted molar refractivity (Wildman–Crippen MR) is 68.1 cm³/mol. The number of nitrogens with one attached hydrogen (secondary N) is 1. The molecule has 0 aliphatic carbocycles. The zero-order valence-corrected chi connectivity index (χ0v) is 11.0. The van der Waals surface area contributed by atoms with E-state index >= 15 is 0 Å². The first-order valence-corrected chi connectivity index (χ1v) is 6.52. The molecule has 1 amide bonds. The summed E-state index contributed by atoms with van der Waals surface area (Å²) < 4.78 is 1.02. The maximum absolute atomic E-state index is 11.3. The SMILES string of the molecule is N#CCCNC(=O)CSc1ccc(Br)cc1. The molecular weight excluding hydrogens is 288 g/mol. The first-order valence-electron chi connectivity index (χ1n) is 4.74. The molecule has 0 bridgehead atoms. The fourth-order valence-corrected chi connectivity index (χ4v) is 1.98. The number of nitriles is 1. The van der Waals surface area contributed by atoms with Crippen LogP contribution in [-0.4, -0.2) is 18.2 Å². The van der Waals surface area contributed by atoms with Crippen LogP contribution >= 0.6 is 27.7 Å². The topological polar surface area (TPSA) is 52.9 Å². The maximum atomic E-state index is 11.3. The van der Waals surface area contributed by atoms with Gasteiger partial charge in [0.15, 0.2) is 0 Å². The van der Waals surface area contributed by atoms with Crippen molar-refractivity contribution in [3.05, 3.63) is 28.7 Å². The van der Waals surface area contributed by atoms with Crippen LogP contribution in [-0.2, 0) is 4.79 Å². The molecule has 1 N–H and O–H groups in total. The molecule has 5 heteroatoms. The monoisotopic (exact) mass is 298 g/mol. The standard InChI is InChI=1S/C11H11BrN2OS/c12-9-2-4-10(5-3-9)16-8-11(15)14-7-1-6-13/h2-5H,1,7-8H2,(H,14,15). The Morgan fingerprint density at radius 3 is 2.75 bits per heavy atom. The summed E-state index contributed by atoms with van der Waals surface area (Å²) in [6.45, 7) is 0.427. The lowest BCUT2D eigenvalue weighted by Gasteiger charge is -2.02. The normalized spacial score (nSPS) is 9.50. The van der Waals surface area contributed by atoms with E-state index in [2.05, 4.69) is 21.2 Å². The van der Waals surface area contributed by atoms with E-state index in [9.17, 15) is 4.79 Å². The first-order chi connectivity index (χ1) is 7.72. The molecule has 1 aromatic rings. The van der Waals surface area contributed by atoms with Crippen molar-refractivity contribution < 1.29 is 4.79 Å². The highest BCUT2D eigenvalue weighted by Gasteiger charge is 2.01. The van der Waals surface area contributed by atoms with Gasteiger partial charge in [0.1, 0.15) is 0 Å². The molecule has 84 valence electrons. The number of hydrogen-bond donors (Lipinski definition) is 1. The van der Waals surface area contributed by atoms with Crippen molar-refractivity contribution in [2.45, 2.75) is 11.3 Å². The van der Waals surface area contributed by atoms with Crippen molar-refractivity contribution in [3.8, 4) is 6.07 Å². The third-order valence-corrected chi connectivity index (χ3v) is 3.28. The van der Waals surface area contributed by atoms with Gasteiger partial charge in [0.2, 0.25) is 5.91 Å². The number of benzene rings is 1. The Hall–Kier alpha value is -0.990. The minimum Gasteiger partial charge on any atom is -0.354 e. The molecule has 0 saturated carbocycles. The molecule has 0 aromatic heterocycles. The van der Waals surface area contributed by atoms with Crippen molar-refractivity contribution in [2.75, 3.05) is 12.3 Å². The molecule has 0 unspecified atom stereocenters. The van der Waals surface area contributed by atoms with Crippen LogP contribution in [0.4, 0.5) is 0 Å². The van der Waals surface area contributed by atoms with Gasteiger partial charge in [-0.05, 0) is 24.3 Å². The quantitative estimate of drug-likeness (QED) is 0.671. The van der Waals surface area contributed by atoms with Gasteiger partial charge >= 0.3 is 0 Å². The second-order valence-corrected chi connectivity index (χ2v) is 4.97. The van der Waals surface area contributed by atoms with E-state index in [1.165, 1.54) is 11.8 Å². The molecule has 0 spiro atoms. The minimum atomic E-state index is -0.0387. The molecular formula is C11H11BrN2OS. The van der Waals surface area contributed by atoms with Crippen molar-refractivity contribution >= 4 is 33.6 Å². The highest BCUT2D eigenvalue weighted by atomic mass is 79.9. The number of thioether (sulfide) groups is 1. The van der Waals surface area contributed by atoms with Crippen LogP contribution in [0.2, 0.25) is 0 Å². The Kier molecular flexibility index (Phi) is 5.98. The van der Waals surface area contributed by atoms with Gasteiger partial charge in [-0.2, -0.15) is 5.26 Å². The Bertz CT molecular complexity index is 386. The average Bonchev–Trinajstić information content (AvgIpc) is 2.29. The van der Waals surface area contributed by atoms with Crippen molar-refractivity contribution in [1.82, 2.24) is 5.32 Å². The number of nitrogens with zero attached hydrogens (tertiary/aromatic N) is 1. The Balaban J connectivity index is 2.26. The zero-order valence-electron chi connectivity index (χ0n) is 8.57. The van der Waals surface area contributed by atoms with E-state index in [0.29, 0.717) is 18.7 Å². The van der Waals surface area contributed by atoms with Gasteiger partial charge in [0, 0.05) is 15.9 Å². The number of carbonyl (C=O) groups excluding carboxylic acids is 1. The summed E-state index contributed by atoms with van der Waals surface area (Å²) in [7, 11) is 0. The fourth-order valence-electron chi connectivity index (χ4n) is 0.989. The van der Waals surface area contributed by atoms with Crippen LogP contribution in [0.25, 0.3) is 0 Å². The second-order valence-electron chi connectivity index (χ2n) is 3.00. The van der Waals surface area contributed by atoms with E-state index in [4.69, 9.17) is 5.26 Å². The van der Waals surface area contributed by atoms with Gasteiger partial charge in [0.05, 0.1) is 18.2 Å².